The summed E-state index contributed by atoms with van der Waals surface area (Å²) in [5.41, 5.74) is 2.65. The second kappa shape index (κ2) is 7.29. The molecule has 7 heteroatoms. The summed E-state index contributed by atoms with van der Waals surface area (Å²) >= 11 is 0. The van der Waals surface area contributed by atoms with Gasteiger partial charge in [-0.15, -0.1) is 0 Å². The van der Waals surface area contributed by atoms with E-state index in [2.05, 4.69) is 67.5 Å². The molecule has 1 aromatic carbocycles. The van der Waals surface area contributed by atoms with Crippen LogP contribution in [0.15, 0.2) is 41.2 Å². The summed E-state index contributed by atoms with van der Waals surface area (Å²) in [5, 5.41) is 8.29. The Bertz CT molecular complexity index is 857. The van der Waals surface area contributed by atoms with Gasteiger partial charge in [-0.1, -0.05) is 23.4 Å². The molecule has 0 saturated carbocycles. The molecule has 3 aromatic rings. The Morgan fingerprint density at radius 3 is 2.65 bits per heavy atom. The first-order valence-corrected chi connectivity index (χ1v) is 9.07. The fraction of sp³-hybridized carbons (Fsp3) is 0.421. The molecule has 1 N–H and O–H groups in total. The van der Waals surface area contributed by atoms with E-state index in [9.17, 15) is 0 Å². The van der Waals surface area contributed by atoms with Crippen molar-refractivity contribution in [3.05, 3.63) is 42.4 Å². The van der Waals surface area contributed by atoms with Crippen molar-refractivity contribution in [3.8, 4) is 0 Å². The van der Waals surface area contributed by atoms with Crippen LogP contribution in [0.4, 0.5) is 11.5 Å². The summed E-state index contributed by atoms with van der Waals surface area (Å²) in [6, 6.07) is 11.0. The van der Waals surface area contributed by atoms with Crippen molar-refractivity contribution >= 4 is 22.6 Å². The normalized spacial score (nSPS) is 16.8. The largest absolute Gasteiger partial charge is 0.369 e. The van der Waals surface area contributed by atoms with Crippen molar-refractivity contribution in [1.82, 2.24) is 20.0 Å². The molecule has 0 radical (unpaired) electrons. The number of nitrogens with one attached hydrogen (secondary N) is 1. The van der Waals surface area contributed by atoms with Gasteiger partial charge in [0.2, 0.25) is 0 Å². The van der Waals surface area contributed by atoms with Crippen molar-refractivity contribution < 1.29 is 4.52 Å². The lowest BCUT2D eigenvalue weighted by Gasteiger charge is -2.39. The topological polar surface area (TPSA) is 70.3 Å². The third-order valence-corrected chi connectivity index (χ3v) is 5.07. The highest BCUT2D eigenvalue weighted by molar-refractivity contribution is 5.87. The van der Waals surface area contributed by atoms with E-state index >= 15 is 0 Å². The van der Waals surface area contributed by atoms with Crippen molar-refractivity contribution in [2.75, 3.05) is 42.9 Å². The van der Waals surface area contributed by atoms with Crippen LogP contribution in [0.1, 0.15) is 12.6 Å². The van der Waals surface area contributed by atoms with E-state index in [1.54, 1.807) is 0 Å². The Kier molecular flexibility index (Phi) is 4.71. The molecule has 26 heavy (non-hydrogen) atoms. The van der Waals surface area contributed by atoms with E-state index in [1.165, 1.54) is 12.0 Å². The lowest BCUT2D eigenvalue weighted by Crippen LogP contribution is -2.51. The highest BCUT2D eigenvalue weighted by atomic mass is 16.5. The Balaban J connectivity index is 1.34. The van der Waals surface area contributed by atoms with Crippen LogP contribution < -0.4 is 10.2 Å². The van der Waals surface area contributed by atoms with Gasteiger partial charge in [-0.05, 0) is 26.0 Å². The van der Waals surface area contributed by atoms with Gasteiger partial charge < -0.3 is 14.7 Å². The lowest BCUT2D eigenvalue weighted by atomic mass is 10.2. The molecule has 0 amide bonds. The number of anilines is 2. The molecule has 3 heterocycles. The highest BCUT2D eigenvalue weighted by Crippen LogP contribution is 2.22. The van der Waals surface area contributed by atoms with Gasteiger partial charge in [-0.25, -0.2) is 4.98 Å². The second-order valence-corrected chi connectivity index (χ2v) is 6.76. The number of benzene rings is 1. The number of fused-ring (bicyclic) bond motifs is 1. The maximum absolute atomic E-state index is 5.21. The summed E-state index contributed by atoms with van der Waals surface area (Å²) in [6.45, 7) is 9.21. The van der Waals surface area contributed by atoms with Crippen molar-refractivity contribution in [2.45, 2.75) is 19.9 Å². The van der Waals surface area contributed by atoms with Crippen molar-refractivity contribution in [3.63, 3.8) is 0 Å². The van der Waals surface area contributed by atoms with Gasteiger partial charge in [0.05, 0.1) is 5.69 Å². The van der Waals surface area contributed by atoms with E-state index in [-0.39, 0.29) is 0 Å². The average Bonchev–Trinajstić information content (AvgIpc) is 3.08. The first-order valence-electron chi connectivity index (χ1n) is 9.07. The second-order valence-electron chi connectivity index (χ2n) is 6.76. The Morgan fingerprint density at radius 2 is 1.88 bits per heavy atom. The Hall–Kier alpha value is -2.67. The number of aryl methyl sites for hydroxylation is 1. The quantitative estimate of drug-likeness (QED) is 0.756. The number of hydrogen-bond acceptors (Lipinski definition) is 7. The van der Waals surface area contributed by atoms with E-state index < -0.39 is 0 Å². The predicted molar refractivity (Wildman–Crippen MR) is 103 cm³/mol. The number of aromatic nitrogens is 3. The van der Waals surface area contributed by atoms with E-state index in [1.807, 2.05) is 6.92 Å². The molecule has 4 rings (SSSR count). The van der Waals surface area contributed by atoms with Crippen LogP contribution in [0.3, 0.4) is 0 Å². The number of rotatable bonds is 5. The molecular weight excluding hydrogens is 328 g/mol. The van der Waals surface area contributed by atoms with Gasteiger partial charge in [0, 0.05) is 44.5 Å². The lowest BCUT2D eigenvalue weighted by molar-refractivity contribution is 0.204. The van der Waals surface area contributed by atoms with E-state index in [0.29, 0.717) is 11.8 Å². The minimum atomic E-state index is 0.415. The summed E-state index contributed by atoms with van der Waals surface area (Å²) in [6.07, 6.45) is 1.51. The van der Waals surface area contributed by atoms with Crippen LogP contribution >= 0.6 is 0 Å². The fourth-order valence-electron chi connectivity index (χ4n) is 3.49. The number of nitrogens with zero attached hydrogens (tertiary/aromatic N) is 5. The molecule has 0 aliphatic carbocycles. The van der Waals surface area contributed by atoms with Crippen LogP contribution in [0, 0.1) is 6.92 Å². The third-order valence-electron chi connectivity index (χ3n) is 5.07. The molecule has 1 aliphatic rings. The molecule has 0 unspecified atom stereocenters. The van der Waals surface area contributed by atoms with Crippen molar-refractivity contribution in [1.29, 1.82) is 0 Å². The molecule has 1 saturated heterocycles. The standard InChI is InChI=1S/C19H24N6O/c1-14(12-20-18-17-15(2)23-26-19(17)22-13-21-18)24-8-10-25(11-9-24)16-6-4-3-5-7-16/h3-7,13-14H,8-12H2,1-2H3,(H,20,21,22)/t14-/m1/s1. The van der Waals surface area contributed by atoms with Crippen LogP contribution in [0.5, 0.6) is 0 Å². The smallest absolute Gasteiger partial charge is 0.263 e. The molecule has 136 valence electrons. The SMILES string of the molecule is Cc1noc2ncnc(NC[C@@H](C)N3CCN(c4ccccc4)CC3)c12. The van der Waals surface area contributed by atoms with Gasteiger partial charge in [-0.2, -0.15) is 4.98 Å². The van der Waals surface area contributed by atoms with Gasteiger partial charge in [0.25, 0.3) is 5.71 Å². The van der Waals surface area contributed by atoms with E-state index in [4.69, 9.17) is 4.52 Å². The summed E-state index contributed by atoms with van der Waals surface area (Å²) in [5.74, 6) is 0.795. The van der Waals surface area contributed by atoms with Crippen LogP contribution in [-0.2, 0) is 0 Å². The molecule has 2 aromatic heterocycles. The first-order chi connectivity index (χ1) is 12.7. The Morgan fingerprint density at radius 1 is 1.12 bits per heavy atom. The molecule has 0 bridgehead atoms. The monoisotopic (exact) mass is 352 g/mol. The average molecular weight is 352 g/mol. The van der Waals surface area contributed by atoms with Gasteiger partial charge >= 0.3 is 0 Å². The van der Waals surface area contributed by atoms with Crippen molar-refractivity contribution in [2.24, 2.45) is 0 Å². The van der Waals surface area contributed by atoms with Gasteiger partial charge in [0.1, 0.15) is 17.5 Å². The summed E-state index contributed by atoms with van der Waals surface area (Å²) in [7, 11) is 0. The van der Waals surface area contributed by atoms with Crippen LogP contribution in [0.2, 0.25) is 0 Å². The third kappa shape index (κ3) is 3.35. The number of para-hydroxylation sites is 1. The summed E-state index contributed by atoms with van der Waals surface area (Å²) < 4.78 is 5.21. The van der Waals surface area contributed by atoms with Gasteiger partial charge in [-0.3, -0.25) is 4.90 Å². The maximum Gasteiger partial charge on any atom is 0.263 e. The minimum absolute atomic E-state index is 0.415. The van der Waals surface area contributed by atoms with E-state index in [0.717, 1.165) is 49.6 Å². The number of piperazine rings is 1. The predicted octanol–water partition coefficient (Wildman–Crippen LogP) is 2.55. The van der Waals surface area contributed by atoms with Crippen LogP contribution in [0.25, 0.3) is 11.1 Å². The zero-order chi connectivity index (χ0) is 17.9. The highest BCUT2D eigenvalue weighted by Gasteiger charge is 2.21. The van der Waals surface area contributed by atoms with Gasteiger partial charge in [0.15, 0.2) is 0 Å². The molecular formula is C19H24N6O. The molecule has 1 aliphatic heterocycles. The molecule has 1 fully saturated rings. The first kappa shape index (κ1) is 16.8. The zero-order valence-electron chi connectivity index (χ0n) is 15.2. The van der Waals surface area contributed by atoms with Crippen LogP contribution in [-0.4, -0.2) is 58.8 Å². The minimum Gasteiger partial charge on any atom is -0.369 e. The zero-order valence-corrected chi connectivity index (χ0v) is 15.2. The summed E-state index contributed by atoms with van der Waals surface area (Å²) in [4.78, 5) is 13.4. The maximum atomic E-state index is 5.21. The fourth-order valence-corrected chi connectivity index (χ4v) is 3.49. The molecule has 1 atom stereocenters. The molecule has 7 nitrogen and oxygen atoms in total. The molecule has 0 spiro atoms. The Labute approximate surface area is 153 Å². The number of hydrogen-bond donors (Lipinski definition) is 1.